The van der Waals surface area contributed by atoms with Gasteiger partial charge in [0.25, 0.3) is 0 Å². The van der Waals surface area contributed by atoms with Crippen LogP contribution in [0.15, 0.2) is 0 Å². The average molecular weight is 232 g/mol. The first-order valence-corrected chi connectivity index (χ1v) is 6.28. The highest BCUT2D eigenvalue weighted by Crippen LogP contribution is 1.98. The van der Waals surface area contributed by atoms with Crippen molar-refractivity contribution in [1.29, 1.82) is 0 Å². The second kappa shape index (κ2) is 11.3. The molecule has 4 nitrogen and oxygen atoms in total. The van der Waals surface area contributed by atoms with Gasteiger partial charge in [-0.1, -0.05) is 0 Å². The van der Waals surface area contributed by atoms with Crippen LogP contribution in [0.2, 0.25) is 0 Å². The lowest BCUT2D eigenvalue weighted by atomic mass is 10.4. The van der Waals surface area contributed by atoms with E-state index in [1.807, 2.05) is 0 Å². The summed E-state index contributed by atoms with van der Waals surface area (Å²) < 4.78 is 4.94. The largest absolute Gasteiger partial charge is 0.394 e. The third kappa shape index (κ3) is 13.8. The molecule has 0 unspecified atom stereocenters. The first-order valence-electron chi connectivity index (χ1n) is 6.28. The SMILES string of the molecule is C1CCOC1.CC(C)O.CN1CCNCC1. The quantitative estimate of drug-likeness (QED) is 0.645. The number of hydrogen-bond acceptors (Lipinski definition) is 4. The summed E-state index contributed by atoms with van der Waals surface area (Å²) in [6.45, 7) is 10.2. The van der Waals surface area contributed by atoms with E-state index in [4.69, 9.17) is 9.84 Å². The van der Waals surface area contributed by atoms with Crippen LogP contribution in [-0.2, 0) is 4.74 Å². The first kappa shape index (κ1) is 15.8. The van der Waals surface area contributed by atoms with Crippen LogP contribution in [0.25, 0.3) is 0 Å². The van der Waals surface area contributed by atoms with Crippen molar-refractivity contribution in [2.24, 2.45) is 0 Å². The van der Waals surface area contributed by atoms with Gasteiger partial charge in [0.15, 0.2) is 0 Å². The molecule has 98 valence electrons. The van der Waals surface area contributed by atoms with Gasteiger partial charge in [0, 0.05) is 45.5 Å². The number of nitrogens with zero attached hydrogens (tertiary/aromatic N) is 1. The standard InChI is InChI=1S/C5H12N2.C4H8O.C3H8O/c1-7-4-2-6-3-5-7;1-2-4-5-3-1;1-3(2)4/h6H,2-5H2,1H3;1-4H2;3-4H,1-2H3. The van der Waals surface area contributed by atoms with Crippen LogP contribution < -0.4 is 5.32 Å². The zero-order valence-corrected chi connectivity index (χ0v) is 11.0. The van der Waals surface area contributed by atoms with E-state index in [2.05, 4.69) is 17.3 Å². The number of rotatable bonds is 0. The summed E-state index contributed by atoms with van der Waals surface area (Å²) in [5, 5.41) is 11.3. The molecule has 2 fully saturated rings. The maximum atomic E-state index is 8.06. The van der Waals surface area contributed by atoms with Gasteiger partial charge in [-0.25, -0.2) is 0 Å². The summed E-state index contributed by atoms with van der Waals surface area (Å²) in [4.78, 5) is 2.33. The third-order valence-electron chi connectivity index (χ3n) is 2.17. The number of nitrogens with one attached hydrogen (secondary N) is 1. The molecule has 0 aromatic rings. The zero-order chi connectivity index (χ0) is 12.2. The summed E-state index contributed by atoms with van der Waals surface area (Å²) >= 11 is 0. The van der Waals surface area contributed by atoms with Crippen LogP contribution in [0, 0.1) is 0 Å². The highest BCUT2D eigenvalue weighted by atomic mass is 16.5. The van der Waals surface area contributed by atoms with Crippen LogP contribution in [0.4, 0.5) is 0 Å². The van der Waals surface area contributed by atoms with Crippen molar-refractivity contribution in [3.8, 4) is 0 Å². The van der Waals surface area contributed by atoms with Gasteiger partial charge in [-0.05, 0) is 33.7 Å². The molecule has 0 aliphatic carbocycles. The Hall–Kier alpha value is -0.160. The molecular weight excluding hydrogens is 204 g/mol. The number of piperazine rings is 1. The second-order valence-corrected chi connectivity index (χ2v) is 4.47. The molecule has 2 N–H and O–H groups in total. The fraction of sp³-hybridized carbons (Fsp3) is 1.00. The third-order valence-corrected chi connectivity index (χ3v) is 2.17. The molecule has 0 spiro atoms. The summed E-state index contributed by atoms with van der Waals surface area (Å²) in [6.07, 6.45) is 2.39. The van der Waals surface area contributed by atoms with Crippen LogP contribution >= 0.6 is 0 Å². The van der Waals surface area contributed by atoms with Crippen molar-refractivity contribution in [2.45, 2.75) is 32.8 Å². The molecular formula is C12H28N2O2. The number of aliphatic hydroxyl groups is 1. The van der Waals surface area contributed by atoms with Gasteiger partial charge in [-0.3, -0.25) is 0 Å². The summed E-state index contributed by atoms with van der Waals surface area (Å²) in [7, 11) is 2.15. The fourth-order valence-corrected chi connectivity index (χ4v) is 1.29. The fourth-order valence-electron chi connectivity index (χ4n) is 1.29. The molecule has 0 saturated carbocycles. The minimum atomic E-state index is -0.167. The van der Waals surface area contributed by atoms with Gasteiger partial charge in [0.2, 0.25) is 0 Å². The van der Waals surface area contributed by atoms with Crippen LogP contribution in [-0.4, -0.2) is 62.6 Å². The molecule has 0 amide bonds. The van der Waals surface area contributed by atoms with Crippen molar-refractivity contribution in [2.75, 3.05) is 46.4 Å². The Morgan fingerprint density at radius 3 is 1.75 bits per heavy atom. The van der Waals surface area contributed by atoms with Gasteiger partial charge in [0.1, 0.15) is 0 Å². The highest BCUT2D eigenvalue weighted by Gasteiger charge is 2.01. The molecule has 2 heterocycles. The van der Waals surface area contributed by atoms with E-state index in [-0.39, 0.29) is 6.10 Å². The van der Waals surface area contributed by atoms with E-state index >= 15 is 0 Å². The number of hydrogen-bond donors (Lipinski definition) is 2. The molecule has 0 bridgehead atoms. The van der Waals surface area contributed by atoms with Gasteiger partial charge < -0.3 is 20.1 Å². The maximum Gasteiger partial charge on any atom is 0.0483 e. The number of likely N-dealkylation sites (N-methyl/N-ethyl adjacent to an activating group) is 1. The van der Waals surface area contributed by atoms with Crippen LogP contribution in [0.5, 0.6) is 0 Å². The molecule has 0 atom stereocenters. The Morgan fingerprint density at radius 1 is 1.12 bits per heavy atom. The first-order chi connectivity index (χ1) is 7.63. The summed E-state index contributed by atoms with van der Waals surface area (Å²) in [5.74, 6) is 0. The van der Waals surface area contributed by atoms with Crippen molar-refractivity contribution in [3.63, 3.8) is 0 Å². The zero-order valence-electron chi connectivity index (χ0n) is 11.0. The lowest BCUT2D eigenvalue weighted by molar-refractivity contribution is 0.198. The van der Waals surface area contributed by atoms with E-state index in [9.17, 15) is 0 Å². The monoisotopic (exact) mass is 232 g/mol. The lowest BCUT2D eigenvalue weighted by Gasteiger charge is -2.21. The minimum absolute atomic E-state index is 0.167. The molecule has 2 aliphatic rings. The predicted molar refractivity (Wildman–Crippen MR) is 67.8 cm³/mol. The van der Waals surface area contributed by atoms with Crippen molar-refractivity contribution in [1.82, 2.24) is 10.2 Å². The van der Waals surface area contributed by atoms with Crippen LogP contribution in [0.1, 0.15) is 26.7 Å². The Bertz CT molecular complexity index is 123. The molecule has 16 heavy (non-hydrogen) atoms. The molecule has 0 aromatic heterocycles. The smallest absolute Gasteiger partial charge is 0.0483 e. The van der Waals surface area contributed by atoms with Crippen LogP contribution in [0.3, 0.4) is 0 Å². The van der Waals surface area contributed by atoms with E-state index in [1.165, 1.54) is 25.9 Å². The van der Waals surface area contributed by atoms with E-state index < -0.39 is 0 Å². The minimum Gasteiger partial charge on any atom is -0.394 e. The molecule has 2 rings (SSSR count). The molecule has 2 aliphatic heterocycles. The van der Waals surface area contributed by atoms with E-state index in [0.717, 1.165) is 26.3 Å². The van der Waals surface area contributed by atoms with E-state index in [1.54, 1.807) is 13.8 Å². The highest BCUT2D eigenvalue weighted by molar-refractivity contribution is 4.62. The lowest BCUT2D eigenvalue weighted by Crippen LogP contribution is -2.40. The molecule has 2 saturated heterocycles. The topological polar surface area (TPSA) is 44.7 Å². The Balaban J connectivity index is 0.000000222. The summed E-state index contributed by atoms with van der Waals surface area (Å²) in [6, 6.07) is 0. The van der Waals surface area contributed by atoms with Crippen molar-refractivity contribution >= 4 is 0 Å². The Kier molecular flexibility index (Phi) is 11.2. The predicted octanol–water partition coefficient (Wildman–Crippen LogP) is 0.705. The van der Waals surface area contributed by atoms with Gasteiger partial charge >= 0.3 is 0 Å². The Morgan fingerprint density at radius 2 is 1.56 bits per heavy atom. The number of ether oxygens (including phenoxy) is 1. The van der Waals surface area contributed by atoms with Crippen molar-refractivity contribution < 1.29 is 9.84 Å². The molecule has 0 radical (unpaired) electrons. The van der Waals surface area contributed by atoms with Gasteiger partial charge in [0.05, 0.1) is 0 Å². The maximum absolute atomic E-state index is 8.06. The van der Waals surface area contributed by atoms with Crippen molar-refractivity contribution in [3.05, 3.63) is 0 Å². The van der Waals surface area contributed by atoms with E-state index in [0.29, 0.717) is 0 Å². The summed E-state index contributed by atoms with van der Waals surface area (Å²) in [5.41, 5.74) is 0. The number of aliphatic hydroxyl groups excluding tert-OH is 1. The van der Waals surface area contributed by atoms with Gasteiger partial charge in [-0.2, -0.15) is 0 Å². The second-order valence-electron chi connectivity index (χ2n) is 4.47. The molecule has 0 aromatic carbocycles. The average Bonchev–Trinajstić information content (AvgIpc) is 2.75. The molecule has 4 heteroatoms. The Labute approximate surface area is 100.0 Å². The normalized spacial score (nSPS) is 20.8. The van der Waals surface area contributed by atoms with Gasteiger partial charge in [-0.15, -0.1) is 0 Å².